The van der Waals surface area contributed by atoms with E-state index in [0.29, 0.717) is 0 Å². The van der Waals surface area contributed by atoms with Gasteiger partial charge in [0.25, 0.3) is 0 Å². The van der Waals surface area contributed by atoms with Crippen molar-refractivity contribution in [3.63, 3.8) is 0 Å². The van der Waals surface area contributed by atoms with Crippen molar-refractivity contribution in [1.29, 1.82) is 0 Å². The van der Waals surface area contributed by atoms with Gasteiger partial charge < -0.3 is 4.90 Å². The third kappa shape index (κ3) is 3.68. The maximum absolute atomic E-state index is 13.0. The molecule has 0 fully saturated rings. The van der Waals surface area contributed by atoms with Crippen LogP contribution in [0.15, 0.2) is 54.6 Å². The number of hydrogen-bond donors (Lipinski definition) is 0. The van der Waals surface area contributed by atoms with E-state index in [1.54, 1.807) is 0 Å². The van der Waals surface area contributed by atoms with Gasteiger partial charge >= 0.3 is 0 Å². The third-order valence-corrected chi connectivity index (χ3v) is 4.98. The van der Waals surface area contributed by atoms with Crippen LogP contribution in [-0.2, 0) is 24.3 Å². The minimum Gasteiger partial charge on any atom is -0.337 e. The predicted octanol–water partition coefficient (Wildman–Crippen LogP) is 3.48. The summed E-state index contributed by atoms with van der Waals surface area (Å²) in [5.41, 5.74) is 3.92. The van der Waals surface area contributed by atoms with Crippen molar-refractivity contribution in [3.05, 3.63) is 71.3 Å². The van der Waals surface area contributed by atoms with Crippen LogP contribution in [0.4, 0.5) is 0 Å². The number of likely N-dealkylation sites (N-methyl/N-ethyl adjacent to an activating group) is 1. The molecule has 1 amide bonds. The molecule has 3 rings (SSSR count). The lowest BCUT2D eigenvalue weighted by atomic mass is 9.99. The number of rotatable bonds is 5. The topological polar surface area (TPSA) is 23.6 Å². The predicted molar refractivity (Wildman–Crippen MR) is 97.6 cm³/mol. The van der Waals surface area contributed by atoms with Crippen LogP contribution in [0.1, 0.15) is 30.5 Å². The molecule has 0 bridgehead atoms. The Morgan fingerprint density at radius 1 is 1.08 bits per heavy atom. The Bertz CT molecular complexity index is 683. The number of fused-ring (bicyclic) bond motifs is 1. The smallest absolute Gasteiger partial charge is 0.239 e. The second-order valence-corrected chi connectivity index (χ2v) is 6.50. The van der Waals surface area contributed by atoms with Crippen LogP contribution in [0.2, 0.25) is 0 Å². The van der Waals surface area contributed by atoms with E-state index in [-0.39, 0.29) is 11.9 Å². The van der Waals surface area contributed by atoms with Crippen LogP contribution in [0, 0.1) is 0 Å². The summed E-state index contributed by atoms with van der Waals surface area (Å²) in [6.45, 7) is 7.40. The zero-order chi connectivity index (χ0) is 16.9. The molecule has 2 aromatic rings. The van der Waals surface area contributed by atoms with Gasteiger partial charge in [-0.15, -0.1) is 0 Å². The fraction of sp³-hybridized carbons (Fsp3) is 0.381. The highest BCUT2D eigenvalue weighted by Crippen LogP contribution is 2.20. The second kappa shape index (κ2) is 7.63. The minimum atomic E-state index is -0.0968. The number of hydrogen-bond acceptors (Lipinski definition) is 2. The van der Waals surface area contributed by atoms with E-state index in [1.165, 1.54) is 16.7 Å². The van der Waals surface area contributed by atoms with Crippen molar-refractivity contribution in [2.45, 2.75) is 39.4 Å². The molecule has 0 aromatic heterocycles. The Morgan fingerprint density at radius 3 is 2.46 bits per heavy atom. The van der Waals surface area contributed by atoms with Crippen LogP contribution in [0.25, 0.3) is 0 Å². The van der Waals surface area contributed by atoms with E-state index in [1.807, 2.05) is 17.9 Å². The molecule has 1 unspecified atom stereocenters. The SMILES string of the molecule is CCN(Cc1ccccc1)C(C)C(=O)N1CCc2ccccc2C1. The van der Waals surface area contributed by atoms with E-state index in [9.17, 15) is 4.79 Å². The van der Waals surface area contributed by atoms with Gasteiger partial charge in [-0.25, -0.2) is 0 Å². The van der Waals surface area contributed by atoms with Gasteiger partial charge in [0.15, 0.2) is 0 Å². The van der Waals surface area contributed by atoms with Gasteiger partial charge in [-0.3, -0.25) is 9.69 Å². The number of carbonyl (C=O) groups excluding carboxylic acids is 1. The normalized spacial score (nSPS) is 15.2. The molecule has 1 aliphatic rings. The van der Waals surface area contributed by atoms with Crippen LogP contribution >= 0.6 is 0 Å². The van der Waals surface area contributed by atoms with Gasteiger partial charge in [0, 0.05) is 19.6 Å². The van der Waals surface area contributed by atoms with Crippen molar-refractivity contribution in [2.24, 2.45) is 0 Å². The van der Waals surface area contributed by atoms with Crippen LogP contribution in [0.5, 0.6) is 0 Å². The van der Waals surface area contributed by atoms with Gasteiger partial charge in [-0.1, -0.05) is 61.5 Å². The summed E-state index contributed by atoms with van der Waals surface area (Å²) in [6, 6.07) is 18.7. The molecule has 0 spiro atoms. The summed E-state index contributed by atoms with van der Waals surface area (Å²) in [5, 5.41) is 0. The molecule has 126 valence electrons. The first-order valence-electron chi connectivity index (χ1n) is 8.82. The van der Waals surface area contributed by atoms with Crippen LogP contribution in [-0.4, -0.2) is 34.8 Å². The first-order valence-corrected chi connectivity index (χ1v) is 8.82. The highest BCUT2D eigenvalue weighted by molar-refractivity contribution is 5.81. The lowest BCUT2D eigenvalue weighted by Gasteiger charge is -2.35. The second-order valence-electron chi connectivity index (χ2n) is 6.50. The molecule has 0 N–H and O–H groups in total. The average Bonchev–Trinajstić information content (AvgIpc) is 2.65. The molecule has 0 aliphatic carbocycles. The first-order chi connectivity index (χ1) is 11.7. The monoisotopic (exact) mass is 322 g/mol. The Kier molecular flexibility index (Phi) is 5.31. The first kappa shape index (κ1) is 16.7. The Morgan fingerprint density at radius 2 is 1.75 bits per heavy atom. The molecular formula is C21H26N2O. The van der Waals surface area contributed by atoms with Crippen molar-refractivity contribution in [2.75, 3.05) is 13.1 Å². The molecule has 24 heavy (non-hydrogen) atoms. The van der Waals surface area contributed by atoms with Gasteiger partial charge in [0.05, 0.1) is 6.04 Å². The summed E-state index contributed by atoms with van der Waals surface area (Å²) < 4.78 is 0. The fourth-order valence-corrected chi connectivity index (χ4v) is 3.44. The van der Waals surface area contributed by atoms with Gasteiger partial charge in [0.1, 0.15) is 0 Å². The van der Waals surface area contributed by atoms with E-state index in [0.717, 1.165) is 32.6 Å². The lowest BCUT2D eigenvalue weighted by molar-refractivity contribution is -0.137. The molecule has 0 saturated heterocycles. The Balaban J connectivity index is 1.67. The van der Waals surface area contributed by atoms with Crippen molar-refractivity contribution >= 4 is 5.91 Å². The van der Waals surface area contributed by atoms with Gasteiger partial charge in [0.2, 0.25) is 5.91 Å². The fourth-order valence-electron chi connectivity index (χ4n) is 3.44. The van der Waals surface area contributed by atoms with E-state index in [4.69, 9.17) is 0 Å². The number of benzene rings is 2. The summed E-state index contributed by atoms with van der Waals surface area (Å²) >= 11 is 0. The van der Waals surface area contributed by atoms with Gasteiger partial charge in [-0.2, -0.15) is 0 Å². The van der Waals surface area contributed by atoms with E-state index >= 15 is 0 Å². The average molecular weight is 322 g/mol. The summed E-state index contributed by atoms with van der Waals surface area (Å²) in [7, 11) is 0. The van der Waals surface area contributed by atoms with Crippen molar-refractivity contribution < 1.29 is 4.79 Å². The third-order valence-electron chi connectivity index (χ3n) is 4.98. The molecular weight excluding hydrogens is 296 g/mol. The molecule has 0 radical (unpaired) electrons. The molecule has 1 aliphatic heterocycles. The zero-order valence-corrected chi connectivity index (χ0v) is 14.6. The zero-order valence-electron chi connectivity index (χ0n) is 14.6. The molecule has 0 saturated carbocycles. The van der Waals surface area contributed by atoms with Crippen LogP contribution < -0.4 is 0 Å². The number of carbonyl (C=O) groups is 1. The maximum atomic E-state index is 13.0. The number of nitrogens with zero attached hydrogens (tertiary/aromatic N) is 2. The molecule has 1 atom stereocenters. The molecule has 3 heteroatoms. The largest absolute Gasteiger partial charge is 0.337 e. The highest BCUT2D eigenvalue weighted by Gasteiger charge is 2.27. The Labute approximate surface area is 144 Å². The quantitative estimate of drug-likeness (QED) is 0.841. The van der Waals surface area contributed by atoms with Gasteiger partial charge in [-0.05, 0) is 36.6 Å². The summed E-state index contributed by atoms with van der Waals surface area (Å²) in [6.07, 6.45) is 0.958. The standard InChI is InChI=1S/C21H26N2O/c1-3-22(15-18-9-5-4-6-10-18)17(2)21(24)23-14-13-19-11-7-8-12-20(19)16-23/h4-12,17H,3,13-16H2,1-2H3. The lowest BCUT2D eigenvalue weighted by Crippen LogP contribution is -2.48. The molecule has 1 heterocycles. The maximum Gasteiger partial charge on any atom is 0.239 e. The van der Waals surface area contributed by atoms with E-state index < -0.39 is 0 Å². The molecule has 3 nitrogen and oxygen atoms in total. The molecule has 2 aromatic carbocycles. The van der Waals surface area contributed by atoms with Crippen molar-refractivity contribution in [1.82, 2.24) is 9.80 Å². The van der Waals surface area contributed by atoms with Crippen LogP contribution in [0.3, 0.4) is 0 Å². The minimum absolute atomic E-state index is 0.0968. The van der Waals surface area contributed by atoms with E-state index in [2.05, 4.69) is 60.4 Å². The summed E-state index contributed by atoms with van der Waals surface area (Å²) in [5.74, 6) is 0.238. The number of amides is 1. The highest BCUT2D eigenvalue weighted by atomic mass is 16.2. The Hall–Kier alpha value is -2.13. The summed E-state index contributed by atoms with van der Waals surface area (Å²) in [4.78, 5) is 17.2. The van der Waals surface area contributed by atoms with Crippen molar-refractivity contribution in [3.8, 4) is 0 Å².